The molecule has 1 aliphatic heterocycles. The third-order valence-corrected chi connectivity index (χ3v) is 20.8. The van der Waals surface area contributed by atoms with Crippen molar-refractivity contribution in [1.82, 2.24) is 61.5 Å². The van der Waals surface area contributed by atoms with E-state index in [0.717, 1.165) is 34.0 Å². The number of nitrogens with two attached hydrogens (primary N) is 1. The first kappa shape index (κ1) is 63.0. The van der Waals surface area contributed by atoms with Crippen molar-refractivity contribution >= 4 is 109 Å². The summed E-state index contributed by atoms with van der Waals surface area (Å²) in [5.74, 6) is -5.68. The first-order valence-electron chi connectivity index (χ1n) is 28.3. The molecule has 90 heavy (non-hydrogen) atoms. The van der Waals surface area contributed by atoms with E-state index in [1.54, 1.807) is 84.6 Å². The number of rotatable bonds is 13. The predicted octanol–water partition coefficient (Wildman–Crippen LogP) is 7.82. The number of primary amides is 1. The Morgan fingerprint density at radius 3 is 2.00 bits per heavy atom. The van der Waals surface area contributed by atoms with Gasteiger partial charge in [-0.15, -0.1) is 68.0 Å². The molecule has 0 saturated heterocycles. The second-order valence-electron chi connectivity index (χ2n) is 21.6. The number of aliphatic hydroxyl groups excluding tert-OH is 2. The van der Waals surface area contributed by atoms with Gasteiger partial charge in [-0.25, -0.2) is 34.9 Å². The van der Waals surface area contributed by atoms with E-state index in [0.29, 0.717) is 96.6 Å². The number of aromatic hydroxyl groups is 1. The van der Waals surface area contributed by atoms with Gasteiger partial charge in [0.2, 0.25) is 11.8 Å². The highest BCUT2D eigenvalue weighted by molar-refractivity contribution is 7.15. The SMILES string of the molecule is Cc1sc2nc1C(=O)N[C@@H]([C@H](O)c1ccccc1)c1nc(cs1)C(=O)N[C@@H](Cc1ccc(O)cc1)C(=O)N[C@@H]([C@@H](C)CO)c1nc(cs1)-c1nc(cs1)-c1nc(-c3nc(C(=O)NCC4CCC(C(=O)O)CC4)cs3)ccc1-c1nc(cs1)C(=O)N[C@H]2CC(N)=O. The van der Waals surface area contributed by atoms with Crippen LogP contribution in [0.5, 0.6) is 5.75 Å². The topological polar surface area (TPSA) is 377 Å². The number of hydrogen-bond acceptors (Lipinski definition) is 23. The summed E-state index contributed by atoms with van der Waals surface area (Å²) in [7, 11) is 0. The first-order chi connectivity index (χ1) is 43.3. The molecule has 11 N–H and O–H groups in total. The average molecular weight is 1330 g/mol. The number of nitrogens with one attached hydrogen (secondary N) is 5. The lowest BCUT2D eigenvalue weighted by Crippen LogP contribution is -2.50. The number of aliphatic carboxylic acids is 1. The molecule has 10 bridgehead atoms. The highest BCUT2D eigenvalue weighted by atomic mass is 32.1. The second-order valence-corrected chi connectivity index (χ2v) is 27.2. The van der Waals surface area contributed by atoms with Gasteiger partial charge in [-0.05, 0) is 73.9 Å². The summed E-state index contributed by atoms with van der Waals surface area (Å²) < 4.78 is 0. The molecule has 1 saturated carbocycles. The van der Waals surface area contributed by atoms with Gasteiger partial charge in [0.1, 0.15) is 93.8 Å². The summed E-state index contributed by atoms with van der Waals surface area (Å²) >= 11 is 6.82. The van der Waals surface area contributed by atoms with Crippen LogP contribution in [0, 0.1) is 24.7 Å². The van der Waals surface area contributed by atoms with Crippen LogP contribution < -0.4 is 32.3 Å². The summed E-state index contributed by atoms with van der Waals surface area (Å²) in [6.45, 7) is 3.37. The van der Waals surface area contributed by atoms with Gasteiger partial charge in [0, 0.05) is 62.8 Å². The number of amides is 6. The third-order valence-electron chi connectivity index (χ3n) is 15.3. The molecule has 30 heteroatoms. The largest absolute Gasteiger partial charge is 0.508 e. The van der Waals surface area contributed by atoms with Crippen LogP contribution in [0.4, 0.5) is 0 Å². The lowest BCUT2D eigenvalue weighted by molar-refractivity contribution is -0.143. The van der Waals surface area contributed by atoms with Crippen molar-refractivity contribution in [2.75, 3.05) is 13.2 Å². The third kappa shape index (κ3) is 14.3. The van der Waals surface area contributed by atoms with Gasteiger partial charge in [-0.2, -0.15) is 0 Å². The number of aromatic nitrogens is 7. The highest BCUT2D eigenvalue weighted by Crippen LogP contribution is 2.40. The van der Waals surface area contributed by atoms with Gasteiger partial charge in [0.15, 0.2) is 0 Å². The maximum absolute atomic E-state index is 14.7. The van der Waals surface area contributed by atoms with Gasteiger partial charge in [-0.1, -0.05) is 49.4 Å². The van der Waals surface area contributed by atoms with Crippen LogP contribution in [0.15, 0.2) is 93.6 Å². The highest BCUT2D eigenvalue weighted by Gasteiger charge is 2.35. The summed E-state index contributed by atoms with van der Waals surface area (Å²) in [6, 6.07) is 13.5. The van der Waals surface area contributed by atoms with E-state index in [9.17, 15) is 54.0 Å². The Labute approximate surface area is 537 Å². The molecule has 24 nitrogen and oxygen atoms in total. The smallest absolute Gasteiger partial charge is 0.306 e. The zero-order valence-electron chi connectivity index (χ0n) is 47.8. The van der Waals surface area contributed by atoms with Gasteiger partial charge < -0.3 is 52.7 Å². The summed E-state index contributed by atoms with van der Waals surface area (Å²) in [6.07, 6.45) is 0.588. The number of nitrogens with zero attached hydrogens (tertiary/aromatic N) is 7. The van der Waals surface area contributed by atoms with Crippen molar-refractivity contribution < 1.29 is 54.0 Å². The molecule has 1 aliphatic carbocycles. The Balaban J connectivity index is 0.966. The molecule has 11 rings (SSSR count). The van der Waals surface area contributed by atoms with Crippen molar-refractivity contribution in [3.05, 3.63) is 147 Å². The van der Waals surface area contributed by atoms with Crippen LogP contribution >= 0.6 is 68.0 Å². The number of fused-ring (bicyclic) bond motifs is 14. The number of carboxylic acids is 1. The molecule has 464 valence electrons. The fourth-order valence-electron chi connectivity index (χ4n) is 10.3. The maximum atomic E-state index is 14.7. The molecule has 0 spiro atoms. The fourth-order valence-corrected chi connectivity index (χ4v) is 15.6. The van der Waals surface area contributed by atoms with E-state index in [1.165, 1.54) is 56.9 Å². The number of carboxylic acid groups (broad SMARTS) is 1. The molecule has 0 radical (unpaired) electrons. The number of aryl methyl sites for hydroxylation is 1. The van der Waals surface area contributed by atoms with Crippen LogP contribution in [-0.2, 0) is 20.8 Å². The van der Waals surface area contributed by atoms with Gasteiger partial charge in [0.05, 0.1) is 30.1 Å². The summed E-state index contributed by atoms with van der Waals surface area (Å²) in [4.78, 5) is 130. The monoisotopic (exact) mass is 1330 g/mol. The molecule has 7 aromatic heterocycles. The quantitative estimate of drug-likeness (QED) is 0.0526. The number of phenolic OH excluding ortho intramolecular Hbond substituents is 1. The van der Waals surface area contributed by atoms with Crippen LogP contribution in [0.1, 0.15) is 136 Å². The molecule has 1 fully saturated rings. The molecule has 8 heterocycles. The molecule has 6 amide bonds. The molecule has 9 aromatic rings. The van der Waals surface area contributed by atoms with Crippen LogP contribution in [-0.4, -0.2) is 116 Å². The molecule has 6 atom stereocenters. The van der Waals surface area contributed by atoms with Gasteiger partial charge in [0.25, 0.3) is 23.6 Å². The number of aliphatic hydroxyl groups is 2. The Morgan fingerprint density at radius 1 is 0.644 bits per heavy atom. The van der Waals surface area contributed by atoms with Crippen molar-refractivity contribution in [1.29, 1.82) is 0 Å². The maximum Gasteiger partial charge on any atom is 0.306 e. The average Bonchev–Trinajstić information content (AvgIpc) is 1.68. The summed E-state index contributed by atoms with van der Waals surface area (Å²) in [5, 5.41) is 66.7. The van der Waals surface area contributed by atoms with Crippen LogP contribution in [0.3, 0.4) is 0 Å². The van der Waals surface area contributed by atoms with Crippen LogP contribution in [0.25, 0.3) is 43.4 Å². The summed E-state index contributed by atoms with van der Waals surface area (Å²) in [5.41, 5.74) is 8.65. The Morgan fingerprint density at radius 2 is 1.28 bits per heavy atom. The number of hydrogen-bond donors (Lipinski definition) is 10. The van der Waals surface area contributed by atoms with E-state index in [4.69, 9.17) is 25.7 Å². The Hall–Kier alpha value is -8.62. The van der Waals surface area contributed by atoms with E-state index < -0.39 is 78.1 Å². The van der Waals surface area contributed by atoms with Gasteiger partial charge >= 0.3 is 5.97 Å². The molecular weight excluding hydrogens is 1270 g/mol. The number of phenols is 1. The first-order valence-corrected chi connectivity index (χ1v) is 33.5. The Kier molecular flexibility index (Phi) is 19.3. The molecule has 2 aliphatic rings. The standard InChI is InChI=1S/C60H57N13O11S6/c1-27(21-74)44-58-70-42(26-89-58)56-66-38(22-86-56)46-34(16-17-35(63-46)55-68-39(23-87-55)49(78)62-20-30-8-12-32(13-9-30)60(83)84)54-67-40(24-85-54)52(81)65-37(19-43(61)76)57-73-45(28(2)90-57)53(82)72-47(48(77)31-6-4-3-5-7-31)59-69-41(25-88-59)51(80)64-36(50(79)71-44)18-29-10-14-33(75)15-11-29/h3-7,10-11,14-17,22-27,30,32,36-37,44,47-48,74-75,77H,8-9,12-13,18-21H2,1-2H3,(H2,61,76)(H,62,78)(H,64,80)(H,65,81)(H,71,79)(H,72,82)(H,83,84)/t27-,30?,32?,36-,37-,44-,47-,48+/m0/s1. The zero-order valence-corrected chi connectivity index (χ0v) is 52.7. The van der Waals surface area contributed by atoms with Crippen molar-refractivity contribution in [2.45, 2.75) is 82.6 Å². The number of thiazole rings is 6. The van der Waals surface area contributed by atoms with Crippen molar-refractivity contribution in [3.8, 4) is 49.1 Å². The van der Waals surface area contributed by atoms with Gasteiger partial charge in [-0.3, -0.25) is 33.6 Å². The lowest BCUT2D eigenvalue weighted by atomic mass is 9.82. The lowest BCUT2D eigenvalue weighted by Gasteiger charge is -2.26. The minimum Gasteiger partial charge on any atom is -0.508 e. The second kappa shape index (κ2) is 27.6. The van der Waals surface area contributed by atoms with Crippen molar-refractivity contribution in [2.24, 2.45) is 23.5 Å². The fraction of sp³-hybridized carbons (Fsp3) is 0.300. The van der Waals surface area contributed by atoms with E-state index >= 15 is 0 Å². The van der Waals surface area contributed by atoms with Crippen LogP contribution in [0.2, 0.25) is 0 Å². The number of benzene rings is 2. The van der Waals surface area contributed by atoms with E-state index in [1.807, 2.05) is 0 Å². The minimum absolute atomic E-state index is 0.0133. The molecule has 2 aromatic carbocycles. The number of pyridine rings is 1. The molecule has 0 unspecified atom stereocenters. The number of carbonyl (C=O) groups excluding carboxylic acids is 6. The zero-order chi connectivity index (χ0) is 63.3. The van der Waals surface area contributed by atoms with E-state index in [2.05, 4.69) is 41.5 Å². The predicted molar refractivity (Wildman–Crippen MR) is 339 cm³/mol. The number of carbonyl (C=O) groups is 7. The Bertz CT molecular complexity index is 4140. The van der Waals surface area contributed by atoms with Crippen molar-refractivity contribution in [3.63, 3.8) is 0 Å². The minimum atomic E-state index is -1.42. The van der Waals surface area contributed by atoms with E-state index in [-0.39, 0.29) is 69.3 Å². The normalized spacial score (nSPS) is 19.7. The molecular formula is C60H57N13O11S6.